The number of hydrogen-bond acceptors (Lipinski definition) is 15. The van der Waals surface area contributed by atoms with Crippen LogP contribution in [-0.4, -0.2) is 96.7 Å². The topological polar surface area (TPSA) is 237 Å². The van der Waals surface area contributed by atoms with Gasteiger partial charge in [0.2, 0.25) is 0 Å². The van der Waals surface area contributed by atoms with Crippen LogP contribution in [0.3, 0.4) is 0 Å². The van der Waals surface area contributed by atoms with Gasteiger partial charge in [0.25, 0.3) is 0 Å². The van der Waals surface area contributed by atoms with E-state index < -0.39 is 97.5 Å². The van der Waals surface area contributed by atoms with Gasteiger partial charge in [0, 0.05) is 19.3 Å². The van der Waals surface area contributed by atoms with Crippen LogP contribution in [0.25, 0.3) is 0 Å². The van der Waals surface area contributed by atoms with Crippen LogP contribution in [-0.2, 0) is 65.4 Å². The van der Waals surface area contributed by atoms with Crippen molar-refractivity contribution in [3.05, 3.63) is 109 Å². The lowest BCUT2D eigenvalue weighted by Crippen LogP contribution is -2.30. The van der Waals surface area contributed by atoms with E-state index in [9.17, 15) is 43.2 Å². The molecule has 0 aromatic heterocycles. The number of allylic oxidation sites excluding steroid dienone is 17. The zero-order valence-electron chi connectivity index (χ0n) is 60.0. The summed E-state index contributed by atoms with van der Waals surface area (Å²) in [7, 11) is -9.97. The number of rotatable bonds is 69. The smallest absolute Gasteiger partial charge is 0.462 e. The SMILES string of the molecule is CC/C=C\C/C=C\C/C=C\C/C=C\C/C=C\CC(=O)OC(COC(=O)CCCCCCCC/C=C\C/C=C\C/C=C\C/C=C\CC)COP(=O)(O)OCC(O)COP(=O)(O)OCC(COC(=O)CCCCCCCCCCCCC)OC(=O)CCCCCCCCCCCCC. The summed E-state index contributed by atoms with van der Waals surface area (Å²) < 4.78 is 68.2. The molecule has 96 heavy (non-hydrogen) atoms. The molecule has 0 aromatic rings. The number of phosphoric acid groups is 2. The van der Waals surface area contributed by atoms with Gasteiger partial charge in [-0.3, -0.25) is 37.3 Å². The highest BCUT2D eigenvalue weighted by Crippen LogP contribution is 2.45. The Morgan fingerprint density at radius 2 is 0.583 bits per heavy atom. The Morgan fingerprint density at radius 1 is 0.312 bits per heavy atom. The standard InChI is InChI=1S/C77H132O17P2/c1-5-9-13-17-21-25-29-31-33-34-35-36-38-39-43-46-50-54-58-62-75(80)88-68-73(94-77(82)64-60-56-52-48-44-40-37-32-30-26-22-18-14-10-6-2)70-92-96(85,86)90-66-71(78)65-89-95(83,84)91-69-72(93-76(81)63-59-55-51-47-42-28-24-20-16-12-8-4)67-87-74(79)61-57-53-49-45-41-27-23-19-15-11-7-3/h9-10,13-14,21-22,25-26,31-33,35-37,44,48,56,60,71-73,78H,5-8,11-12,15-20,23-24,27-30,34,38-43,45-47,49-55,57-59,61-70H2,1-4H3,(H,83,84)(H,85,86)/b13-9-,14-10-,25-21-,26-22-,33-31-,36-35-,37-32-,48-44-,60-56-. The second-order valence-electron chi connectivity index (χ2n) is 24.5. The Morgan fingerprint density at radius 3 is 0.927 bits per heavy atom. The summed E-state index contributed by atoms with van der Waals surface area (Å²) in [5.74, 6) is -2.33. The Bertz CT molecular complexity index is 2250. The summed E-state index contributed by atoms with van der Waals surface area (Å²) in [6.07, 6.45) is 72.7. The maximum Gasteiger partial charge on any atom is 0.472 e. The van der Waals surface area contributed by atoms with Crippen LogP contribution < -0.4 is 0 Å². The maximum atomic E-state index is 13.0. The molecule has 552 valence electrons. The fourth-order valence-electron chi connectivity index (χ4n) is 9.70. The maximum absolute atomic E-state index is 13.0. The first-order chi connectivity index (χ1) is 46.7. The average molecular weight is 1390 g/mol. The van der Waals surface area contributed by atoms with Crippen LogP contribution in [0.4, 0.5) is 0 Å². The van der Waals surface area contributed by atoms with Crippen molar-refractivity contribution in [1.82, 2.24) is 0 Å². The number of carbonyl (C=O) groups is 4. The van der Waals surface area contributed by atoms with Gasteiger partial charge in [-0.2, -0.15) is 0 Å². The van der Waals surface area contributed by atoms with Crippen molar-refractivity contribution in [3.8, 4) is 0 Å². The van der Waals surface area contributed by atoms with Crippen molar-refractivity contribution in [2.24, 2.45) is 0 Å². The fraction of sp³-hybridized carbons (Fsp3) is 0.714. The van der Waals surface area contributed by atoms with Crippen molar-refractivity contribution in [3.63, 3.8) is 0 Å². The van der Waals surface area contributed by atoms with Gasteiger partial charge in [-0.1, -0.05) is 291 Å². The van der Waals surface area contributed by atoms with Gasteiger partial charge in [0.15, 0.2) is 12.2 Å². The van der Waals surface area contributed by atoms with Gasteiger partial charge >= 0.3 is 39.5 Å². The second-order valence-corrected chi connectivity index (χ2v) is 27.4. The Balaban J connectivity index is 5.38. The zero-order valence-corrected chi connectivity index (χ0v) is 61.8. The van der Waals surface area contributed by atoms with Gasteiger partial charge in [-0.05, 0) is 89.9 Å². The molecule has 0 spiro atoms. The van der Waals surface area contributed by atoms with Crippen LogP contribution in [0, 0.1) is 0 Å². The molecular weight excluding hydrogens is 1260 g/mol. The summed E-state index contributed by atoms with van der Waals surface area (Å²) in [6, 6.07) is 0. The van der Waals surface area contributed by atoms with Crippen molar-refractivity contribution in [2.75, 3.05) is 39.6 Å². The molecule has 0 saturated heterocycles. The Kier molecular flexibility index (Phi) is 66.1. The molecule has 0 aliphatic carbocycles. The van der Waals surface area contributed by atoms with E-state index in [0.29, 0.717) is 25.7 Å². The minimum absolute atomic E-state index is 0.0963. The zero-order chi connectivity index (χ0) is 70.4. The first-order valence-corrected chi connectivity index (χ1v) is 40.1. The summed E-state index contributed by atoms with van der Waals surface area (Å²) in [4.78, 5) is 72.6. The van der Waals surface area contributed by atoms with Crippen LogP contribution in [0.1, 0.15) is 297 Å². The number of aliphatic hydroxyl groups excluding tert-OH is 1. The molecule has 0 fully saturated rings. The number of ether oxygens (including phenoxy) is 4. The normalized spacial score (nSPS) is 14.6. The van der Waals surface area contributed by atoms with Crippen molar-refractivity contribution >= 4 is 39.5 Å². The minimum atomic E-state index is -5.00. The third kappa shape index (κ3) is 68.3. The van der Waals surface area contributed by atoms with Gasteiger partial charge in [-0.15, -0.1) is 0 Å². The predicted molar refractivity (Wildman–Crippen MR) is 390 cm³/mol. The van der Waals surface area contributed by atoms with Crippen LogP contribution in [0.5, 0.6) is 0 Å². The lowest BCUT2D eigenvalue weighted by atomic mass is 10.1. The molecule has 5 atom stereocenters. The number of phosphoric ester groups is 2. The second kappa shape index (κ2) is 69.2. The summed E-state index contributed by atoms with van der Waals surface area (Å²) in [5.41, 5.74) is 0. The lowest BCUT2D eigenvalue weighted by Gasteiger charge is -2.21. The molecule has 0 radical (unpaired) electrons. The van der Waals surface area contributed by atoms with E-state index in [-0.39, 0.29) is 25.7 Å². The van der Waals surface area contributed by atoms with E-state index in [1.807, 2.05) is 12.2 Å². The Hall–Kier alpha value is -4.28. The highest BCUT2D eigenvalue weighted by atomic mass is 31.2. The van der Waals surface area contributed by atoms with E-state index in [0.717, 1.165) is 135 Å². The fourth-order valence-corrected chi connectivity index (χ4v) is 11.3. The van der Waals surface area contributed by atoms with Crippen LogP contribution in [0.15, 0.2) is 109 Å². The molecule has 0 saturated carbocycles. The largest absolute Gasteiger partial charge is 0.472 e. The number of esters is 4. The molecule has 0 bridgehead atoms. The molecule has 3 N–H and O–H groups in total. The quantitative estimate of drug-likeness (QED) is 0.0169. The molecule has 17 nitrogen and oxygen atoms in total. The van der Waals surface area contributed by atoms with E-state index in [1.54, 1.807) is 12.2 Å². The highest BCUT2D eigenvalue weighted by molar-refractivity contribution is 7.47. The first kappa shape index (κ1) is 91.7. The molecule has 0 aliphatic rings. The molecule has 0 heterocycles. The van der Waals surface area contributed by atoms with Crippen LogP contribution >= 0.6 is 15.6 Å². The highest BCUT2D eigenvalue weighted by Gasteiger charge is 2.30. The molecule has 0 aliphatic heterocycles. The van der Waals surface area contributed by atoms with Gasteiger partial charge in [-0.25, -0.2) is 9.13 Å². The minimum Gasteiger partial charge on any atom is -0.462 e. The summed E-state index contributed by atoms with van der Waals surface area (Å²) in [5, 5.41) is 10.6. The van der Waals surface area contributed by atoms with Crippen molar-refractivity contribution in [1.29, 1.82) is 0 Å². The third-order valence-corrected chi connectivity index (χ3v) is 17.2. The molecule has 0 amide bonds. The van der Waals surface area contributed by atoms with E-state index in [1.165, 1.54) is 83.5 Å². The molecule has 5 unspecified atom stereocenters. The number of hydrogen-bond donors (Lipinski definition) is 3. The third-order valence-electron chi connectivity index (χ3n) is 15.3. The van der Waals surface area contributed by atoms with Crippen molar-refractivity contribution < 1.29 is 80.2 Å². The van der Waals surface area contributed by atoms with Crippen LogP contribution in [0.2, 0.25) is 0 Å². The molecular formula is C77H132O17P2. The van der Waals surface area contributed by atoms with Gasteiger partial charge < -0.3 is 33.8 Å². The summed E-state index contributed by atoms with van der Waals surface area (Å²) >= 11 is 0. The van der Waals surface area contributed by atoms with E-state index in [2.05, 4.69) is 113 Å². The predicted octanol–water partition coefficient (Wildman–Crippen LogP) is 21.0. The average Bonchev–Trinajstić information content (AvgIpc) is 1.16. The van der Waals surface area contributed by atoms with Gasteiger partial charge in [0.05, 0.1) is 32.8 Å². The number of carbonyl (C=O) groups excluding carboxylic acids is 4. The van der Waals surface area contributed by atoms with E-state index in [4.69, 9.17) is 37.0 Å². The molecule has 0 rings (SSSR count). The first-order valence-electron chi connectivity index (χ1n) is 37.1. The Labute approximate surface area is 581 Å². The van der Waals surface area contributed by atoms with E-state index >= 15 is 0 Å². The molecule has 0 aromatic carbocycles. The van der Waals surface area contributed by atoms with Crippen molar-refractivity contribution in [2.45, 2.75) is 316 Å². The molecule has 19 heteroatoms. The monoisotopic (exact) mass is 1390 g/mol. The lowest BCUT2D eigenvalue weighted by molar-refractivity contribution is -0.161. The summed E-state index contributed by atoms with van der Waals surface area (Å²) in [6.45, 7) is 4.50. The van der Waals surface area contributed by atoms with Gasteiger partial charge in [0.1, 0.15) is 19.3 Å². The number of aliphatic hydroxyl groups is 1. The number of unbranched alkanes of at least 4 members (excludes halogenated alkanes) is 26.